The number of benzene rings is 1. The van der Waals surface area contributed by atoms with Crippen molar-refractivity contribution in [3.8, 4) is 5.69 Å². The molecule has 1 N–H and O–H groups in total. The average molecular weight is 276 g/mol. The highest BCUT2D eigenvalue weighted by Gasteiger charge is 2.10. The van der Waals surface area contributed by atoms with Gasteiger partial charge in [-0.05, 0) is 35.0 Å². The zero-order valence-electron chi connectivity index (χ0n) is 11.4. The fraction of sp³-hybridized carbons (Fsp3) is 0.417. The summed E-state index contributed by atoms with van der Waals surface area (Å²) in [6.45, 7) is 5.65. The number of tetrazole rings is 1. The maximum atomic E-state index is 10.6. The molecule has 1 aromatic carbocycles. The summed E-state index contributed by atoms with van der Waals surface area (Å²) in [5.74, 6) is 1.21. The quantitative estimate of drug-likeness (QED) is 0.631. The molecule has 2 aromatic rings. The Hall–Kier alpha value is -2.35. The summed E-state index contributed by atoms with van der Waals surface area (Å²) in [6.07, 6.45) is 0. The van der Waals surface area contributed by atoms with E-state index in [1.54, 1.807) is 16.8 Å². The number of hydrogen-bond donors (Lipinski definition) is 1. The summed E-state index contributed by atoms with van der Waals surface area (Å²) in [5, 5.41) is 25.4. The van der Waals surface area contributed by atoms with E-state index in [-0.39, 0.29) is 5.69 Å². The van der Waals surface area contributed by atoms with Gasteiger partial charge in [-0.2, -0.15) is 4.68 Å². The van der Waals surface area contributed by atoms with E-state index in [1.165, 1.54) is 12.1 Å². The van der Waals surface area contributed by atoms with E-state index in [9.17, 15) is 10.1 Å². The van der Waals surface area contributed by atoms with Crippen molar-refractivity contribution in [3.05, 3.63) is 40.2 Å². The van der Waals surface area contributed by atoms with E-state index in [0.717, 1.165) is 6.54 Å². The first-order valence-electron chi connectivity index (χ1n) is 6.30. The van der Waals surface area contributed by atoms with Gasteiger partial charge in [-0.3, -0.25) is 10.1 Å². The largest absolute Gasteiger partial charge is 0.310 e. The Bertz CT molecular complexity index is 578. The molecule has 0 aliphatic rings. The Morgan fingerprint density at radius 1 is 1.35 bits per heavy atom. The van der Waals surface area contributed by atoms with Crippen LogP contribution >= 0.6 is 0 Å². The molecule has 0 aliphatic heterocycles. The van der Waals surface area contributed by atoms with Crippen molar-refractivity contribution in [2.24, 2.45) is 5.92 Å². The molecule has 0 unspecified atom stereocenters. The summed E-state index contributed by atoms with van der Waals surface area (Å²) in [5.41, 5.74) is 0.739. The van der Waals surface area contributed by atoms with Crippen molar-refractivity contribution in [1.82, 2.24) is 25.5 Å². The van der Waals surface area contributed by atoms with Crippen molar-refractivity contribution in [2.45, 2.75) is 20.4 Å². The monoisotopic (exact) mass is 276 g/mol. The highest BCUT2D eigenvalue weighted by atomic mass is 16.6. The summed E-state index contributed by atoms with van der Waals surface area (Å²) < 4.78 is 1.57. The molecular formula is C12H16N6O2. The molecule has 0 saturated heterocycles. The zero-order valence-corrected chi connectivity index (χ0v) is 11.4. The standard InChI is InChI=1S/C12H16N6O2/c1-9(2)7-13-8-12-14-15-16-17(12)10-3-5-11(6-4-10)18(19)20/h3-6,9,13H,7-8H2,1-2H3. The molecule has 20 heavy (non-hydrogen) atoms. The molecule has 0 atom stereocenters. The maximum absolute atomic E-state index is 10.6. The second kappa shape index (κ2) is 6.20. The molecule has 8 nitrogen and oxygen atoms in total. The van der Waals surface area contributed by atoms with Crippen LogP contribution in [0.4, 0.5) is 5.69 Å². The van der Waals surface area contributed by atoms with Crippen LogP contribution in [-0.4, -0.2) is 31.7 Å². The Morgan fingerprint density at radius 3 is 2.65 bits per heavy atom. The fourth-order valence-electron chi connectivity index (χ4n) is 1.70. The molecule has 106 valence electrons. The molecule has 8 heteroatoms. The summed E-state index contributed by atoms with van der Waals surface area (Å²) in [7, 11) is 0. The predicted molar refractivity (Wildman–Crippen MR) is 72.4 cm³/mol. The molecule has 0 amide bonds. The van der Waals surface area contributed by atoms with Crippen molar-refractivity contribution < 1.29 is 4.92 Å². The SMILES string of the molecule is CC(C)CNCc1nnnn1-c1ccc([N+](=O)[O-])cc1. The maximum Gasteiger partial charge on any atom is 0.269 e. The number of rotatable bonds is 6. The molecule has 1 aromatic heterocycles. The number of non-ortho nitro benzene ring substituents is 1. The van der Waals surface area contributed by atoms with Crippen LogP contribution in [0.1, 0.15) is 19.7 Å². The van der Waals surface area contributed by atoms with Gasteiger partial charge >= 0.3 is 0 Å². The highest BCUT2D eigenvalue weighted by molar-refractivity contribution is 5.40. The summed E-state index contributed by atoms with van der Waals surface area (Å²) in [6, 6.07) is 6.12. The third kappa shape index (κ3) is 3.35. The summed E-state index contributed by atoms with van der Waals surface area (Å²) >= 11 is 0. The third-order valence-corrected chi connectivity index (χ3v) is 2.67. The van der Waals surface area contributed by atoms with Gasteiger partial charge < -0.3 is 5.32 Å². The number of hydrogen-bond acceptors (Lipinski definition) is 6. The lowest BCUT2D eigenvalue weighted by Gasteiger charge is -2.07. The van der Waals surface area contributed by atoms with Gasteiger partial charge in [-0.25, -0.2) is 0 Å². The average Bonchev–Trinajstić information content (AvgIpc) is 2.87. The van der Waals surface area contributed by atoms with Gasteiger partial charge in [-0.15, -0.1) is 5.10 Å². The lowest BCUT2D eigenvalue weighted by atomic mass is 10.2. The molecule has 0 bridgehead atoms. The van der Waals surface area contributed by atoms with Crippen LogP contribution < -0.4 is 5.32 Å². The lowest BCUT2D eigenvalue weighted by Crippen LogP contribution is -2.21. The lowest BCUT2D eigenvalue weighted by molar-refractivity contribution is -0.384. The van der Waals surface area contributed by atoms with Gasteiger partial charge in [0.25, 0.3) is 5.69 Å². The van der Waals surface area contributed by atoms with Crippen LogP contribution in [-0.2, 0) is 6.54 Å². The van der Waals surface area contributed by atoms with E-state index in [1.807, 2.05) is 0 Å². The summed E-state index contributed by atoms with van der Waals surface area (Å²) in [4.78, 5) is 10.2. The second-order valence-corrected chi connectivity index (χ2v) is 4.81. The van der Waals surface area contributed by atoms with Gasteiger partial charge in [0.1, 0.15) is 0 Å². The van der Waals surface area contributed by atoms with Crippen LogP contribution in [0.2, 0.25) is 0 Å². The van der Waals surface area contributed by atoms with E-state index in [2.05, 4.69) is 34.7 Å². The molecule has 0 radical (unpaired) electrons. The minimum Gasteiger partial charge on any atom is -0.310 e. The second-order valence-electron chi connectivity index (χ2n) is 4.81. The number of nitro benzene ring substituents is 1. The molecule has 0 fully saturated rings. The van der Waals surface area contributed by atoms with Crippen molar-refractivity contribution >= 4 is 5.69 Å². The van der Waals surface area contributed by atoms with Crippen molar-refractivity contribution in [1.29, 1.82) is 0 Å². The van der Waals surface area contributed by atoms with E-state index in [0.29, 0.717) is 24.0 Å². The number of nitro groups is 1. The third-order valence-electron chi connectivity index (χ3n) is 2.67. The molecular weight excluding hydrogens is 260 g/mol. The first-order chi connectivity index (χ1) is 9.58. The van der Waals surface area contributed by atoms with Gasteiger partial charge in [0.05, 0.1) is 17.2 Å². The van der Waals surface area contributed by atoms with Crippen LogP contribution in [0, 0.1) is 16.0 Å². The Balaban J connectivity index is 2.12. The van der Waals surface area contributed by atoms with Crippen molar-refractivity contribution in [2.75, 3.05) is 6.54 Å². The Morgan fingerprint density at radius 2 is 2.05 bits per heavy atom. The van der Waals surface area contributed by atoms with E-state index < -0.39 is 4.92 Å². The van der Waals surface area contributed by atoms with Crippen LogP contribution in [0.5, 0.6) is 0 Å². The number of nitrogens with one attached hydrogen (secondary N) is 1. The highest BCUT2D eigenvalue weighted by Crippen LogP contribution is 2.15. The topological polar surface area (TPSA) is 98.8 Å². The van der Waals surface area contributed by atoms with Crippen LogP contribution in [0.15, 0.2) is 24.3 Å². The molecule has 0 spiro atoms. The number of aromatic nitrogens is 4. The van der Waals surface area contributed by atoms with E-state index >= 15 is 0 Å². The molecule has 0 saturated carbocycles. The van der Waals surface area contributed by atoms with Gasteiger partial charge in [0, 0.05) is 12.1 Å². The normalized spacial score (nSPS) is 10.9. The van der Waals surface area contributed by atoms with Crippen molar-refractivity contribution in [3.63, 3.8) is 0 Å². The smallest absolute Gasteiger partial charge is 0.269 e. The number of nitrogens with zero attached hydrogens (tertiary/aromatic N) is 5. The Kier molecular flexibility index (Phi) is 4.36. The minimum absolute atomic E-state index is 0.0429. The molecule has 2 rings (SSSR count). The molecule has 0 aliphatic carbocycles. The Labute approximate surface area is 115 Å². The van der Waals surface area contributed by atoms with Gasteiger partial charge in [-0.1, -0.05) is 13.8 Å². The first kappa shape index (κ1) is 14.1. The van der Waals surface area contributed by atoms with Crippen LogP contribution in [0.3, 0.4) is 0 Å². The van der Waals surface area contributed by atoms with Crippen LogP contribution in [0.25, 0.3) is 5.69 Å². The molecule has 1 heterocycles. The zero-order chi connectivity index (χ0) is 14.5. The minimum atomic E-state index is -0.436. The van der Waals surface area contributed by atoms with E-state index in [4.69, 9.17) is 0 Å². The van der Waals surface area contributed by atoms with Gasteiger partial charge in [0.15, 0.2) is 5.82 Å². The first-order valence-corrected chi connectivity index (χ1v) is 6.30. The fourth-order valence-corrected chi connectivity index (χ4v) is 1.70. The van der Waals surface area contributed by atoms with Gasteiger partial charge in [0.2, 0.25) is 0 Å². The predicted octanol–water partition coefficient (Wildman–Crippen LogP) is 1.32.